The van der Waals surface area contributed by atoms with Gasteiger partial charge in [-0.25, -0.2) is 4.68 Å². The van der Waals surface area contributed by atoms with E-state index in [1.165, 1.54) is 0 Å². The number of aryl methyl sites for hydroxylation is 1. The van der Waals surface area contributed by atoms with E-state index in [9.17, 15) is 0 Å². The second kappa shape index (κ2) is 3.06. The number of hydrogen-bond acceptors (Lipinski definition) is 5. The molecule has 0 N–H and O–H groups in total. The lowest BCUT2D eigenvalue weighted by Crippen LogP contribution is -2.37. The second-order valence-corrected chi connectivity index (χ2v) is 2.70. The molecular weight excluding hydrogens is 158 g/mol. The van der Waals surface area contributed by atoms with Crippen molar-refractivity contribution in [3.63, 3.8) is 0 Å². The zero-order valence-electron chi connectivity index (χ0n) is 6.97. The molecule has 1 fully saturated rings. The third-order valence-corrected chi connectivity index (χ3v) is 1.89. The van der Waals surface area contributed by atoms with Crippen molar-refractivity contribution in [1.29, 1.82) is 0 Å². The molecule has 1 aliphatic heterocycles. The first kappa shape index (κ1) is 7.48. The lowest BCUT2D eigenvalue weighted by Gasteiger charge is -2.26. The summed E-state index contributed by atoms with van der Waals surface area (Å²) in [5, 5.41) is 11.3. The monoisotopic (exact) mass is 169 g/mol. The Kier molecular flexibility index (Phi) is 1.91. The zero-order chi connectivity index (χ0) is 8.39. The van der Waals surface area contributed by atoms with Crippen LogP contribution >= 0.6 is 0 Å². The van der Waals surface area contributed by atoms with Gasteiger partial charge in [0.1, 0.15) is 0 Å². The number of nitrogens with zero attached hydrogens (tertiary/aromatic N) is 5. The second-order valence-electron chi connectivity index (χ2n) is 2.70. The van der Waals surface area contributed by atoms with E-state index in [0.29, 0.717) is 0 Å². The van der Waals surface area contributed by atoms with E-state index in [2.05, 4.69) is 20.4 Å². The first-order chi connectivity index (χ1) is 5.88. The number of anilines is 1. The molecule has 2 rings (SSSR count). The third-order valence-electron chi connectivity index (χ3n) is 1.89. The van der Waals surface area contributed by atoms with Crippen molar-refractivity contribution in [2.24, 2.45) is 7.05 Å². The van der Waals surface area contributed by atoms with Crippen LogP contribution in [-0.4, -0.2) is 46.5 Å². The maximum atomic E-state index is 5.22. The Balaban J connectivity index is 2.13. The SMILES string of the molecule is Cn1nnnc1N1CCOCC1. The van der Waals surface area contributed by atoms with Crippen molar-refractivity contribution in [1.82, 2.24) is 20.2 Å². The van der Waals surface area contributed by atoms with Gasteiger partial charge in [-0.05, 0) is 10.4 Å². The Labute approximate surface area is 70.1 Å². The first-order valence-corrected chi connectivity index (χ1v) is 3.93. The summed E-state index contributed by atoms with van der Waals surface area (Å²) in [5.74, 6) is 0.818. The van der Waals surface area contributed by atoms with Crippen LogP contribution < -0.4 is 4.90 Å². The van der Waals surface area contributed by atoms with E-state index in [0.717, 1.165) is 32.3 Å². The van der Waals surface area contributed by atoms with E-state index in [-0.39, 0.29) is 0 Å². The molecule has 1 aromatic rings. The van der Waals surface area contributed by atoms with Crippen LogP contribution in [0.15, 0.2) is 0 Å². The number of ether oxygens (including phenoxy) is 1. The Bertz CT molecular complexity index is 254. The van der Waals surface area contributed by atoms with Crippen LogP contribution in [0.5, 0.6) is 0 Å². The largest absolute Gasteiger partial charge is 0.378 e. The highest BCUT2D eigenvalue weighted by molar-refractivity contribution is 5.27. The molecule has 0 bridgehead atoms. The molecule has 12 heavy (non-hydrogen) atoms. The Morgan fingerprint density at radius 3 is 2.67 bits per heavy atom. The van der Waals surface area contributed by atoms with Crippen molar-refractivity contribution in [2.45, 2.75) is 0 Å². The lowest BCUT2D eigenvalue weighted by atomic mass is 10.4. The summed E-state index contributed by atoms with van der Waals surface area (Å²) in [6.45, 7) is 3.25. The van der Waals surface area contributed by atoms with Crippen LogP contribution in [0.1, 0.15) is 0 Å². The summed E-state index contributed by atoms with van der Waals surface area (Å²) in [6, 6.07) is 0. The minimum atomic E-state index is 0.757. The molecule has 6 nitrogen and oxygen atoms in total. The van der Waals surface area contributed by atoms with E-state index < -0.39 is 0 Å². The fraction of sp³-hybridized carbons (Fsp3) is 0.833. The fourth-order valence-corrected chi connectivity index (χ4v) is 1.26. The number of morpholine rings is 1. The van der Waals surface area contributed by atoms with Gasteiger partial charge in [0.15, 0.2) is 0 Å². The predicted octanol–water partition coefficient (Wildman–Crippen LogP) is -0.953. The molecule has 1 aromatic heterocycles. The summed E-state index contributed by atoms with van der Waals surface area (Å²) in [5.41, 5.74) is 0. The summed E-state index contributed by atoms with van der Waals surface area (Å²) in [7, 11) is 1.84. The standard InChI is InChI=1S/C6H11N5O/c1-10-6(7-8-9-10)11-2-4-12-5-3-11/h2-5H2,1H3. The average Bonchev–Trinajstić information content (AvgIpc) is 2.53. The summed E-state index contributed by atoms with van der Waals surface area (Å²) in [6.07, 6.45) is 0. The average molecular weight is 169 g/mol. The molecule has 0 aromatic carbocycles. The zero-order valence-corrected chi connectivity index (χ0v) is 6.97. The van der Waals surface area contributed by atoms with Crippen molar-refractivity contribution in [3.8, 4) is 0 Å². The molecule has 66 valence electrons. The maximum absolute atomic E-state index is 5.22. The lowest BCUT2D eigenvalue weighted by molar-refractivity contribution is 0.121. The van der Waals surface area contributed by atoms with Gasteiger partial charge < -0.3 is 9.64 Å². The minimum Gasteiger partial charge on any atom is -0.378 e. The van der Waals surface area contributed by atoms with Crippen LogP contribution in [0.4, 0.5) is 5.95 Å². The summed E-state index contributed by atoms with van der Waals surface area (Å²) in [4.78, 5) is 2.11. The molecule has 0 spiro atoms. The molecule has 1 saturated heterocycles. The quantitative estimate of drug-likeness (QED) is 0.542. The summed E-state index contributed by atoms with van der Waals surface area (Å²) < 4.78 is 6.89. The van der Waals surface area contributed by atoms with Crippen LogP contribution in [0.25, 0.3) is 0 Å². The highest BCUT2D eigenvalue weighted by Gasteiger charge is 2.15. The highest BCUT2D eigenvalue weighted by Crippen LogP contribution is 2.08. The molecule has 0 radical (unpaired) electrons. The number of tetrazole rings is 1. The van der Waals surface area contributed by atoms with Gasteiger partial charge in [-0.3, -0.25) is 0 Å². The molecule has 0 atom stereocenters. The van der Waals surface area contributed by atoms with Crippen molar-refractivity contribution in [2.75, 3.05) is 31.2 Å². The van der Waals surface area contributed by atoms with Crippen molar-refractivity contribution >= 4 is 5.95 Å². The number of hydrogen-bond donors (Lipinski definition) is 0. The van der Waals surface area contributed by atoms with Gasteiger partial charge in [-0.2, -0.15) is 0 Å². The van der Waals surface area contributed by atoms with Crippen LogP contribution in [0.2, 0.25) is 0 Å². The van der Waals surface area contributed by atoms with Crippen LogP contribution in [0.3, 0.4) is 0 Å². The molecule has 0 aliphatic carbocycles. The number of aromatic nitrogens is 4. The maximum Gasteiger partial charge on any atom is 0.245 e. The topological polar surface area (TPSA) is 56.1 Å². The van der Waals surface area contributed by atoms with Crippen LogP contribution in [-0.2, 0) is 11.8 Å². The van der Waals surface area contributed by atoms with Gasteiger partial charge in [0.25, 0.3) is 0 Å². The predicted molar refractivity (Wildman–Crippen MR) is 41.8 cm³/mol. The van der Waals surface area contributed by atoms with E-state index in [1.807, 2.05) is 7.05 Å². The van der Waals surface area contributed by atoms with Crippen LogP contribution in [0, 0.1) is 0 Å². The molecular formula is C6H11N5O. The minimum absolute atomic E-state index is 0.757. The molecule has 1 aliphatic rings. The Hall–Kier alpha value is -1.17. The van der Waals surface area contributed by atoms with Gasteiger partial charge in [0.2, 0.25) is 5.95 Å². The third kappa shape index (κ3) is 1.25. The normalized spacial score (nSPS) is 18.2. The van der Waals surface area contributed by atoms with Gasteiger partial charge in [0.05, 0.1) is 13.2 Å². The van der Waals surface area contributed by atoms with Gasteiger partial charge >= 0.3 is 0 Å². The van der Waals surface area contributed by atoms with Gasteiger partial charge in [-0.1, -0.05) is 5.10 Å². The fourth-order valence-electron chi connectivity index (χ4n) is 1.26. The molecule has 0 saturated carbocycles. The Morgan fingerprint density at radius 1 is 1.33 bits per heavy atom. The molecule has 0 amide bonds. The van der Waals surface area contributed by atoms with E-state index >= 15 is 0 Å². The molecule has 0 unspecified atom stereocenters. The van der Waals surface area contributed by atoms with Gasteiger partial charge in [-0.15, -0.1) is 0 Å². The van der Waals surface area contributed by atoms with E-state index in [1.54, 1.807) is 4.68 Å². The summed E-state index contributed by atoms with van der Waals surface area (Å²) >= 11 is 0. The van der Waals surface area contributed by atoms with E-state index in [4.69, 9.17) is 4.74 Å². The van der Waals surface area contributed by atoms with Gasteiger partial charge in [0, 0.05) is 20.1 Å². The molecule has 6 heteroatoms. The number of rotatable bonds is 1. The first-order valence-electron chi connectivity index (χ1n) is 3.93. The van der Waals surface area contributed by atoms with Crippen molar-refractivity contribution in [3.05, 3.63) is 0 Å². The van der Waals surface area contributed by atoms with Crippen molar-refractivity contribution < 1.29 is 4.74 Å². The smallest absolute Gasteiger partial charge is 0.245 e. The molecule has 2 heterocycles. The highest BCUT2D eigenvalue weighted by atomic mass is 16.5. The Morgan fingerprint density at radius 2 is 2.08 bits per heavy atom.